The number of nitrogens with zero attached hydrogens (tertiary/aromatic N) is 2. The van der Waals surface area contributed by atoms with E-state index in [1.807, 2.05) is 12.1 Å². The normalized spacial score (nSPS) is 22.7. The molecular weight excluding hydrogens is 262 g/mol. The Morgan fingerprint density at radius 3 is 2.71 bits per heavy atom. The maximum atomic E-state index is 5.21. The smallest absolute Gasteiger partial charge is 0.247 e. The van der Waals surface area contributed by atoms with E-state index in [0.29, 0.717) is 11.9 Å². The highest BCUT2D eigenvalue weighted by atomic mass is 16.4. The summed E-state index contributed by atoms with van der Waals surface area (Å²) in [5, 5.41) is 11.3. The van der Waals surface area contributed by atoms with Crippen molar-refractivity contribution in [1.29, 1.82) is 0 Å². The Labute approximate surface area is 126 Å². The van der Waals surface area contributed by atoms with E-state index in [2.05, 4.69) is 34.6 Å². The molecule has 112 valence electrons. The van der Waals surface area contributed by atoms with E-state index in [9.17, 15) is 0 Å². The van der Waals surface area contributed by atoms with Gasteiger partial charge in [0.25, 0.3) is 0 Å². The Morgan fingerprint density at radius 1 is 1.14 bits per heavy atom. The standard InChI is InChI=1S/C17H23N3O/c1-2-13-4-3-5-15(9-6-13)19-16-10-7-14(8-11-16)17-20-18-12-21-17/h7-8,10-13,15,19H,2-6,9H2,1H3. The third kappa shape index (κ3) is 3.63. The Morgan fingerprint density at radius 2 is 2.00 bits per heavy atom. The number of rotatable bonds is 4. The fraction of sp³-hybridized carbons (Fsp3) is 0.529. The predicted molar refractivity (Wildman–Crippen MR) is 84.0 cm³/mol. The van der Waals surface area contributed by atoms with Gasteiger partial charge < -0.3 is 9.73 Å². The lowest BCUT2D eigenvalue weighted by Crippen LogP contribution is -2.18. The molecule has 0 saturated heterocycles. The van der Waals surface area contributed by atoms with Gasteiger partial charge in [-0.05, 0) is 49.4 Å². The van der Waals surface area contributed by atoms with Crippen LogP contribution in [0.5, 0.6) is 0 Å². The highest BCUT2D eigenvalue weighted by molar-refractivity contribution is 5.58. The van der Waals surface area contributed by atoms with Crippen molar-refractivity contribution >= 4 is 5.69 Å². The second-order valence-corrected chi connectivity index (χ2v) is 5.95. The lowest BCUT2D eigenvalue weighted by molar-refractivity contribution is 0.444. The Bertz CT molecular complexity index is 536. The molecule has 1 saturated carbocycles. The van der Waals surface area contributed by atoms with Gasteiger partial charge in [-0.3, -0.25) is 0 Å². The van der Waals surface area contributed by atoms with E-state index in [1.54, 1.807) is 0 Å². The molecule has 1 heterocycles. The van der Waals surface area contributed by atoms with Crippen molar-refractivity contribution in [3.63, 3.8) is 0 Å². The van der Waals surface area contributed by atoms with E-state index in [0.717, 1.165) is 11.5 Å². The molecule has 1 aromatic carbocycles. The summed E-state index contributed by atoms with van der Waals surface area (Å²) in [7, 11) is 0. The van der Waals surface area contributed by atoms with Gasteiger partial charge in [0.2, 0.25) is 12.3 Å². The Kier molecular flexibility index (Phi) is 4.53. The van der Waals surface area contributed by atoms with Crippen LogP contribution in [0.4, 0.5) is 5.69 Å². The molecule has 1 aromatic heterocycles. The molecule has 2 aromatic rings. The molecule has 1 aliphatic carbocycles. The predicted octanol–water partition coefficient (Wildman–Crippen LogP) is 4.51. The summed E-state index contributed by atoms with van der Waals surface area (Å²) in [4.78, 5) is 0. The SMILES string of the molecule is CCC1CCCC(Nc2ccc(-c3nnco3)cc2)CC1. The Hall–Kier alpha value is -1.84. The first-order valence-electron chi connectivity index (χ1n) is 7.98. The molecule has 3 rings (SSSR count). The highest BCUT2D eigenvalue weighted by Crippen LogP contribution is 2.28. The molecule has 1 N–H and O–H groups in total. The molecule has 2 atom stereocenters. The zero-order chi connectivity index (χ0) is 14.5. The van der Waals surface area contributed by atoms with Crippen LogP contribution in [0.2, 0.25) is 0 Å². The van der Waals surface area contributed by atoms with Crippen molar-refractivity contribution in [3.8, 4) is 11.5 Å². The van der Waals surface area contributed by atoms with Crippen molar-refractivity contribution < 1.29 is 4.42 Å². The third-order valence-electron chi connectivity index (χ3n) is 4.53. The van der Waals surface area contributed by atoms with Gasteiger partial charge in [-0.25, -0.2) is 0 Å². The molecule has 0 radical (unpaired) electrons. The molecule has 1 fully saturated rings. The Balaban J connectivity index is 1.60. The van der Waals surface area contributed by atoms with Crippen LogP contribution >= 0.6 is 0 Å². The summed E-state index contributed by atoms with van der Waals surface area (Å²) >= 11 is 0. The average molecular weight is 285 g/mol. The number of benzene rings is 1. The van der Waals surface area contributed by atoms with Crippen LogP contribution in [0.25, 0.3) is 11.5 Å². The molecule has 0 bridgehead atoms. The van der Waals surface area contributed by atoms with Gasteiger partial charge in [-0.2, -0.15) is 0 Å². The van der Waals surface area contributed by atoms with E-state index >= 15 is 0 Å². The maximum absolute atomic E-state index is 5.21. The topological polar surface area (TPSA) is 51.0 Å². The average Bonchev–Trinajstić information content (AvgIpc) is 2.96. The fourth-order valence-corrected chi connectivity index (χ4v) is 3.17. The zero-order valence-corrected chi connectivity index (χ0v) is 12.6. The number of nitrogens with one attached hydrogen (secondary N) is 1. The largest absolute Gasteiger partial charge is 0.423 e. The molecule has 1 aliphatic rings. The quantitative estimate of drug-likeness (QED) is 0.840. The van der Waals surface area contributed by atoms with E-state index in [1.165, 1.54) is 50.6 Å². The molecular formula is C17H23N3O. The lowest BCUT2D eigenvalue weighted by atomic mass is 9.98. The van der Waals surface area contributed by atoms with Gasteiger partial charge in [0, 0.05) is 17.3 Å². The third-order valence-corrected chi connectivity index (χ3v) is 4.53. The van der Waals surface area contributed by atoms with E-state index in [4.69, 9.17) is 4.42 Å². The molecule has 21 heavy (non-hydrogen) atoms. The number of hydrogen-bond donors (Lipinski definition) is 1. The number of aromatic nitrogens is 2. The van der Waals surface area contributed by atoms with Gasteiger partial charge in [-0.15, -0.1) is 10.2 Å². The first kappa shape index (κ1) is 14.1. The highest BCUT2D eigenvalue weighted by Gasteiger charge is 2.17. The minimum atomic E-state index is 0.571. The first-order valence-corrected chi connectivity index (χ1v) is 7.98. The van der Waals surface area contributed by atoms with Gasteiger partial charge in [0.1, 0.15) is 0 Å². The molecule has 0 amide bonds. The second kappa shape index (κ2) is 6.74. The van der Waals surface area contributed by atoms with Crippen molar-refractivity contribution in [2.24, 2.45) is 5.92 Å². The summed E-state index contributed by atoms with van der Waals surface area (Å²) in [5.74, 6) is 1.50. The van der Waals surface area contributed by atoms with Crippen molar-refractivity contribution in [2.75, 3.05) is 5.32 Å². The van der Waals surface area contributed by atoms with Gasteiger partial charge >= 0.3 is 0 Å². The van der Waals surface area contributed by atoms with Crippen LogP contribution in [-0.2, 0) is 0 Å². The van der Waals surface area contributed by atoms with Crippen LogP contribution < -0.4 is 5.32 Å². The minimum absolute atomic E-state index is 0.571. The van der Waals surface area contributed by atoms with Crippen molar-refractivity contribution in [2.45, 2.75) is 51.5 Å². The number of hydrogen-bond acceptors (Lipinski definition) is 4. The van der Waals surface area contributed by atoms with E-state index in [-0.39, 0.29) is 0 Å². The van der Waals surface area contributed by atoms with Crippen molar-refractivity contribution in [1.82, 2.24) is 10.2 Å². The molecule has 0 aliphatic heterocycles. The summed E-state index contributed by atoms with van der Waals surface area (Å²) in [6.45, 7) is 2.31. The molecule has 4 nitrogen and oxygen atoms in total. The molecule has 4 heteroatoms. The molecule has 0 spiro atoms. The first-order chi connectivity index (χ1) is 10.3. The van der Waals surface area contributed by atoms with Crippen LogP contribution in [0, 0.1) is 5.92 Å². The summed E-state index contributed by atoms with van der Waals surface area (Å²) in [6.07, 6.45) is 9.34. The summed E-state index contributed by atoms with van der Waals surface area (Å²) in [5.41, 5.74) is 2.14. The zero-order valence-electron chi connectivity index (χ0n) is 12.6. The monoisotopic (exact) mass is 285 g/mol. The number of anilines is 1. The van der Waals surface area contributed by atoms with E-state index < -0.39 is 0 Å². The van der Waals surface area contributed by atoms with Crippen molar-refractivity contribution in [3.05, 3.63) is 30.7 Å². The van der Waals surface area contributed by atoms with Gasteiger partial charge in [0.15, 0.2) is 0 Å². The summed E-state index contributed by atoms with van der Waals surface area (Å²) in [6, 6.07) is 8.86. The molecule has 2 unspecified atom stereocenters. The van der Waals surface area contributed by atoms with Crippen LogP contribution in [0.1, 0.15) is 45.4 Å². The van der Waals surface area contributed by atoms with Crippen LogP contribution in [-0.4, -0.2) is 16.2 Å². The maximum Gasteiger partial charge on any atom is 0.247 e. The van der Waals surface area contributed by atoms with Gasteiger partial charge in [0.05, 0.1) is 0 Å². The minimum Gasteiger partial charge on any atom is -0.423 e. The van der Waals surface area contributed by atoms with Crippen LogP contribution in [0.3, 0.4) is 0 Å². The summed E-state index contributed by atoms with van der Waals surface area (Å²) < 4.78 is 5.21. The lowest BCUT2D eigenvalue weighted by Gasteiger charge is -2.18. The van der Waals surface area contributed by atoms with Crippen LogP contribution in [0.15, 0.2) is 35.1 Å². The van der Waals surface area contributed by atoms with Gasteiger partial charge in [-0.1, -0.05) is 26.2 Å². The fourth-order valence-electron chi connectivity index (χ4n) is 3.17. The second-order valence-electron chi connectivity index (χ2n) is 5.95.